The number of nitrogens with one attached hydrogen (secondary N) is 1. The molecule has 2 aromatic carbocycles. The van der Waals surface area contributed by atoms with Crippen molar-refractivity contribution in [1.29, 1.82) is 0 Å². The molecule has 0 radical (unpaired) electrons. The minimum absolute atomic E-state index is 0.0158. The van der Waals surface area contributed by atoms with Crippen molar-refractivity contribution in [2.45, 2.75) is 11.8 Å². The van der Waals surface area contributed by atoms with E-state index >= 15 is 0 Å². The first kappa shape index (κ1) is 23.3. The largest absolute Gasteiger partial charge is 0.497 e. The number of carbonyl (C=O) groups is 1. The normalized spacial score (nSPS) is 14.8. The molecule has 0 aliphatic carbocycles. The molecule has 0 atom stereocenters. The van der Waals surface area contributed by atoms with Crippen LogP contribution in [0.1, 0.15) is 15.2 Å². The summed E-state index contributed by atoms with van der Waals surface area (Å²) in [6, 6.07) is 10.7. The smallest absolute Gasteiger partial charge is 0.257 e. The summed E-state index contributed by atoms with van der Waals surface area (Å²) in [5.74, 6) is -0.771. The number of hydrogen-bond donors (Lipinski definition) is 1. The molecule has 1 amide bonds. The number of sulfonamides is 1. The molecule has 33 heavy (non-hydrogen) atoms. The van der Waals surface area contributed by atoms with E-state index < -0.39 is 26.6 Å². The maximum Gasteiger partial charge on any atom is 0.257 e. The third-order valence-corrected chi connectivity index (χ3v) is 7.96. The average molecular weight is 492 g/mol. The number of methoxy groups -OCH3 is 1. The number of nitrogens with zero attached hydrogens (tertiary/aromatic N) is 2. The fourth-order valence-corrected chi connectivity index (χ4v) is 5.73. The van der Waals surface area contributed by atoms with Crippen molar-refractivity contribution in [3.8, 4) is 17.0 Å². The molecule has 8 nitrogen and oxygen atoms in total. The van der Waals surface area contributed by atoms with Crippen molar-refractivity contribution in [2.75, 3.05) is 38.7 Å². The highest BCUT2D eigenvalue weighted by Gasteiger charge is 2.30. The van der Waals surface area contributed by atoms with E-state index in [1.807, 2.05) is 31.2 Å². The Labute approximate surface area is 195 Å². The Balaban J connectivity index is 1.56. The van der Waals surface area contributed by atoms with Crippen LogP contribution in [0.15, 0.2) is 47.4 Å². The molecule has 2 heterocycles. The van der Waals surface area contributed by atoms with Crippen LogP contribution in [0.4, 0.5) is 9.52 Å². The molecule has 0 unspecified atom stereocenters. The first-order valence-electron chi connectivity index (χ1n) is 10.1. The van der Waals surface area contributed by atoms with Gasteiger partial charge in [-0.05, 0) is 49.4 Å². The minimum Gasteiger partial charge on any atom is -0.497 e. The molecular weight excluding hydrogens is 469 g/mol. The van der Waals surface area contributed by atoms with Crippen LogP contribution < -0.4 is 10.1 Å². The number of ether oxygens (including phenoxy) is 2. The van der Waals surface area contributed by atoms with Gasteiger partial charge in [-0.2, -0.15) is 4.31 Å². The summed E-state index contributed by atoms with van der Waals surface area (Å²) >= 11 is 1.29. The van der Waals surface area contributed by atoms with Crippen molar-refractivity contribution >= 4 is 32.4 Å². The van der Waals surface area contributed by atoms with Gasteiger partial charge in [0.2, 0.25) is 10.0 Å². The van der Waals surface area contributed by atoms with Crippen molar-refractivity contribution in [3.63, 3.8) is 0 Å². The molecular formula is C22H22FN3O5S2. The van der Waals surface area contributed by atoms with E-state index in [0.29, 0.717) is 10.8 Å². The Hall–Kier alpha value is -2.86. The van der Waals surface area contributed by atoms with Crippen LogP contribution >= 0.6 is 11.3 Å². The number of benzene rings is 2. The molecule has 174 valence electrons. The predicted molar refractivity (Wildman–Crippen MR) is 123 cm³/mol. The number of hydrogen-bond acceptors (Lipinski definition) is 7. The van der Waals surface area contributed by atoms with E-state index in [9.17, 15) is 17.6 Å². The third kappa shape index (κ3) is 4.91. The molecule has 1 aliphatic rings. The number of thiazole rings is 1. The number of aromatic nitrogens is 1. The van der Waals surface area contributed by atoms with Crippen LogP contribution in [0.5, 0.6) is 5.75 Å². The summed E-state index contributed by atoms with van der Waals surface area (Å²) in [7, 11) is -2.50. The number of aryl methyl sites for hydroxylation is 1. The van der Waals surface area contributed by atoms with Crippen LogP contribution in [0.3, 0.4) is 0 Å². The molecule has 0 bridgehead atoms. The van der Waals surface area contributed by atoms with Gasteiger partial charge in [-0.3, -0.25) is 10.1 Å². The van der Waals surface area contributed by atoms with Gasteiger partial charge in [-0.1, -0.05) is 0 Å². The maximum absolute atomic E-state index is 14.4. The summed E-state index contributed by atoms with van der Waals surface area (Å²) < 4.78 is 51.7. The van der Waals surface area contributed by atoms with E-state index in [1.165, 1.54) is 17.4 Å². The van der Waals surface area contributed by atoms with Gasteiger partial charge in [-0.25, -0.2) is 17.8 Å². The second kappa shape index (κ2) is 9.56. The second-order valence-corrected chi connectivity index (χ2v) is 10.4. The Morgan fingerprint density at radius 1 is 1.18 bits per heavy atom. The fourth-order valence-electron chi connectivity index (χ4n) is 3.40. The van der Waals surface area contributed by atoms with Crippen LogP contribution in [0.2, 0.25) is 0 Å². The highest BCUT2D eigenvalue weighted by Crippen LogP contribution is 2.32. The van der Waals surface area contributed by atoms with E-state index in [4.69, 9.17) is 9.47 Å². The number of halogens is 1. The first-order valence-corrected chi connectivity index (χ1v) is 12.4. The molecule has 11 heteroatoms. The highest BCUT2D eigenvalue weighted by atomic mass is 32.2. The zero-order chi connectivity index (χ0) is 23.6. The van der Waals surface area contributed by atoms with E-state index in [-0.39, 0.29) is 31.9 Å². The summed E-state index contributed by atoms with van der Waals surface area (Å²) in [6.45, 7) is 2.62. The van der Waals surface area contributed by atoms with Crippen LogP contribution in [-0.4, -0.2) is 57.0 Å². The fraction of sp³-hybridized carbons (Fsp3) is 0.273. The van der Waals surface area contributed by atoms with Gasteiger partial charge in [0.15, 0.2) is 5.13 Å². The summed E-state index contributed by atoms with van der Waals surface area (Å²) in [5.41, 5.74) is 1.60. The molecule has 3 aromatic rings. The zero-order valence-electron chi connectivity index (χ0n) is 18.0. The highest BCUT2D eigenvalue weighted by molar-refractivity contribution is 7.89. The SMILES string of the molecule is COc1ccc(-c2nc(NC(=O)c3ccc(F)c(S(=O)(=O)N4CCOCC4)c3)sc2C)cc1. The Morgan fingerprint density at radius 2 is 1.88 bits per heavy atom. The van der Waals surface area contributed by atoms with E-state index in [1.54, 1.807) is 7.11 Å². The number of carbonyl (C=O) groups excluding carboxylic acids is 1. The van der Waals surface area contributed by atoms with Crippen LogP contribution in [-0.2, 0) is 14.8 Å². The number of anilines is 1. The van der Waals surface area contributed by atoms with Gasteiger partial charge in [0.05, 0.1) is 26.0 Å². The topological polar surface area (TPSA) is 97.8 Å². The lowest BCUT2D eigenvalue weighted by Crippen LogP contribution is -2.41. The Morgan fingerprint density at radius 3 is 2.55 bits per heavy atom. The molecule has 1 saturated heterocycles. The lowest BCUT2D eigenvalue weighted by atomic mass is 10.1. The van der Waals surface area contributed by atoms with Crippen molar-refractivity contribution in [3.05, 3.63) is 58.7 Å². The van der Waals surface area contributed by atoms with Crippen molar-refractivity contribution in [1.82, 2.24) is 9.29 Å². The number of rotatable bonds is 6. The monoisotopic (exact) mass is 491 g/mol. The van der Waals surface area contributed by atoms with Crippen molar-refractivity contribution < 1.29 is 27.1 Å². The quantitative estimate of drug-likeness (QED) is 0.567. The third-order valence-electron chi connectivity index (χ3n) is 5.16. The molecule has 1 aromatic heterocycles. The average Bonchev–Trinajstić information content (AvgIpc) is 3.19. The van der Waals surface area contributed by atoms with Crippen molar-refractivity contribution in [2.24, 2.45) is 0 Å². The Kier molecular flexibility index (Phi) is 6.75. The van der Waals surface area contributed by atoms with Gasteiger partial charge >= 0.3 is 0 Å². The molecule has 1 aliphatic heterocycles. The molecule has 0 saturated carbocycles. The number of amides is 1. The molecule has 0 spiro atoms. The predicted octanol–water partition coefficient (Wildman–Crippen LogP) is 3.54. The summed E-state index contributed by atoms with van der Waals surface area (Å²) in [5, 5.41) is 3.03. The molecule has 4 rings (SSSR count). The lowest BCUT2D eigenvalue weighted by Gasteiger charge is -2.26. The standard InChI is InChI=1S/C22H22FN3O5S2/c1-14-20(15-3-6-17(30-2)7-4-15)24-22(32-14)25-21(27)16-5-8-18(23)19(13-16)33(28,29)26-9-11-31-12-10-26/h3-8,13H,9-12H2,1-2H3,(H,24,25,27). The van der Waals surface area contributed by atoms with Gasteiger partial charge in [0.25, 0.3) is 5.91 Å². The minimum atomic E-state index is -4.09. The van der Waals surface area contributed by atoms with Gasteiger partial charge in [0.1, 0.15) is 16.5 Å². The van der Waals surface area contributed by atoms with Gasteiger partial charge in [0, 0.05) is 29.1 Å². The molecule has 1 N–H and O–H groups in total. The molecule has 1 fully saturated rings. The number of morpholine rings is 1. The first-order chi connectivity index (χ1) is 15.8. The summed E-state index contributed by atoms with van der Waals surface area (Å²) in [6.07, 6.45) is 0. The Bertz CT molecular complexity index is 1270. The van der Waals surface area contributed by atoms with Gasteiger partial charge < -0.3 is 9.47 Å². The lowest BCUT2D eigenvalue weighted by molar-refractivity contribution is 0.0729. The van der Waals surface area contributed by atoms with Crippen LogP contribution in [0.25, 0.3) is 11.3 Å². The van der Waals surface area contributed by atoms with E-state index in [2.05, 4.69) is 10.3 Å². The van der Waals surface area contributed by atoms with Crippen LogP contribution in [0, 0.1) is 12.7 Å². The van der Waals surface area contributed by atoms with Gasteiger partial charge in [-0.15, -0.1) is 11.3 Å². The van der Waals surface area contributed by atoms with E-state index in [0.717, 1.165) is 32.6 Å². The maximum atomic E-state index is 14.4. The summed E-state index contributed by atoms with van der Waals surface area (Å²) in [4.78, 5) is 17.7. The second-order valence-electron chi connectivity index (χ2n) is 7.27. The zero-order valence-corrected chi connectivity index (χ0v) is 19.6.